The van der Waals surface area contributed by atoms with Gasteiger partial charge in [0, 0.05) is 18.9 Å². The van der Waals surface area contributed by atoms with E-state index in [1.165, 1.54) is 0 Å². The molecule has 0 heterocycles. The minimum absolute atomic E-state index is 0.521. The maximum atomic E-state index is 12.6. The maximum absolute atomic E-state index is 12.6. The van der Waals surface area contributed by atoms with Gasteiger partial charge < -0.3 is 9.30 Å². The van der Waals surface area contributed by atoms with Crippen molar-refractivity contribution in [1.29, 1.82) is 0 Å². The molecular formula is C13H29O2P. The summed E-state index contributed by atoms with van der Waals surface area (Å²) >= 11 is 0. The van der Waals surface area contributed by atoms with E-state index in [2.05, 4.69) is 20.8 Å². The minimum atomic E-state index is -2.01. The molecule has 0 saturated carbocycles. The highest BCUT2D eigenvalue weighted by Crippen LogP contribution is 2.47. The van der Waals surface area contributed by atoms with Crippen LogP contribution in [0.15, 0.2) is 0 Å². The molecule has 0 aromatic rings. The van der Waals surface area contributed by atoms with E-state index in [0.29, 0.717) is 6.35 Å². The Balaban J connectivity index is 3.92. The van der Waals surface area contributed by atoms with Gasteiger partial charge in [-0.05, 0) is 19.3 Å². The van der Waals surface area contributed by atoms with Crippen molar-refractivity contribution in [3.63, 3.8) is 0 Å². The lowest BCUT2D eigenvalue weighted by Crippen LogP contribution is -2.05. The van der Waals surface area contributed by atoms with Gasteiger partial charge in [0.15, 0.2) is 0 Å². The molecular weight excluding hydrogens is 219 g/mol. The van der Waals surface area contributed by atoms with Crippen molar-refractivity contribution in [2.75, 3.05) is 25.3 Å². The molecule has 0 rings (SSSR count). The van der Waals surface area contributed by atoms with Gasteiger partial charge in [0.25, 0.3) is 0 Å². The van der Waals surface area contributed by atoms with Crippen molar-refractivity contribution < 1.29 is 9.30 Å². The van der Waals surface area contributed by atoms with E-state index in [0.717, 1.165) is 57.5 Å². The van der Waals surface area contributed by atoms with E-state index in [-0.39, 0.29) is 0 Å². The molecule has 0 fully saturated rings. The molecule has 0 aliphatic carbocycles. The Hall–Kier alpha value is 0.190. The van der Waals surface area contributed by atoms with E-state index in [4.69, 9.17) is 4.74 Å². The van der Waals surface area contributed by atoms with Gasteiger partial charge in [-0.25, -0.2) is 0 Å². The third kappa shape index (κ3) is 8.35. The smallest absolute Gasteiger partial charge is 0.112 e. The summed E-state index contributed by atoms with van der Waals surface area (Å²) in [5, 5.41) is 0. The van der Waals surface area contributed by atoms with E-state index in [1.807, 2.05) is 0 Å². The first kappa shape index (κ1) is 16.2. The van der Waals surface area contributed by atoms with Crippen molar-refractivity contribution >= 4 is 7.14 Å². The van der Waals surface area contributed by atoms with Crippen molar-refractivity contribution in [2.45, 2.75) is 59.3 Å². The van der Waals surface area contributed by atoms with Crippen LogP contribution in [0, 0.1) is 0 Å². The highest BCUT2D eigenvalue weighted by atomic mass is 31.2. The summed E-state index contributed by atoms with van der Waals surface area (Å²) in [4.78, 5) is 0. The van der Waals surface area contributed by atoms with Gasteiger partial charge in [-0.15, -0.1) is 0 Å². The highest BCUT2D eigenvalue weighted by molar-refractivity contribution is 7.63. The predicted molar refractivity (Wildman–Crippen MR) is 72.9 cm³/mol. The van der Waals surface area contributed by atoms with Crippen LogP contribution in [0.2, 0.25) is 0 Å². The van der Waals surface area contributed by atoms with E-state index >= 15 is 0 Å². The molecule has 0 aromatic carbocycles. The zero-order chi connectivity index (χ0) is 12.3. The third-order valence-corrected chi connectivity index (χ3v) is 5.72. The molecule has 0 aliphatic heterocycles. The van der Waals surface area contributed by atoms with Crippen LogP contribution < -0.4 is 0 Å². The van der Waals surface area contributed by atoms with E-state index in [9.17, 15) is 4.57 Å². The van der Waals surface area contributed by atoms with Crippen molar-refractivity contribution in [1.82, 2.24) is 0 Å². The average molecular weight is 248 g/mol. The SMILES string of the molecule is CCCCOCP(=O)(CCCC)CCCC. The molecule has 3 heteroatoms. The lowest BCUT2D eigenvalue weighted by molar-refractivity contribution is 0.171. The quantitative estimate of drug-likeness (QED) is 0.390. The first-order valence-electron chi connectivity index (χ1n) is 6.83. The molecule has 0 radical (unpaired) electrons. The molecule has 0 atom stereocenters. The fourth-order valence-electron chi connectivity index (χ4n) is 1.61. The number of rotatable bonds is 11. The van der Waals surface area contributed by atoms with Crippen LogP contribution in [0.3, 0.4) is 0 Å². The molecule has 0 spiro atoms. The fourth-order valence-corrected chi connectivity index (χ4v) is 4.34. The Morgan fingerprint density at radius 1 is 0.875 bits per heavy atom. The largest absolute Gasteiger partial charge is 0.374 e. The molecule has 0 N–H and O–H groups in total. The molecule has 0 unspecified atom stereocenters. The Morgan fingerprint density at radius 3 is 1.81 bits per heavy atom. The molecule has 0 bridgehead atoms. The van der Waals surface area contributed by atoms with Crippen molar-refractivity contribution in [3.8, 4) is 0 Å². The summed E-state index contributed by atoms with van der Waals surface area (Å²) in [6, 6.07) is 0. The second-order valence-electron chi connectivity index (χ2n) is 4.60. The topological polar surface area (TPSA) is 26.3 Å². The van der Waals surface area contributed by atoms with Crippen molar-refractivity contribution in [3.05, 3.63) is 0 Å². The Kier molecular flexibility index (Phi) is 10.5. The maximum Gasteiger partial charge on any atom is 0.112 e. The fraction of sp³-hybridized carbons (Fsp3) is 1.00. The summed E-state index contributed by atoms with van der Waals surface area (Å²) in [7, 11) is -2.01. The van der Waals surface area contributed by atoms with E-state index < -0.39 is 7.14 Å². The van der Waals surface area contributed by atoms with Crippen LogP contribution >= 0.6 is 7.14 Å². The number of hydrogen-bond donors (Lipinski definition) is 0. The number of hydrogen-bond acceptors (Lipinski definition) is 2. The molecule has 2 nitrogen and oxygen atoms in total. The van der Waals surface area contributed by atoms with Gasteiger partial charge >= 0.3 is 0 Å². The van der Waals surface area contributed by atoms with Crippen molar-refractivity contribution in [2.24, 2.45) is 0 Å². The minimum Gasteiger partial charge on any atom is -0.374 e. The summed E-state index contributed by atoms with van der Waals surface area (Å²) in [5.41, 5.74) is 0. The lowest BCUT2D eigenvalue weighted by atomic mass is 10.4. The van der Waals surface area contributed by atoms with Gasteiger partial charge in [-0.1, -0.05) is 40.0 Å². The van der Waals surface area contributed by atoms with Crippen LogP contribution in [0.1, 0.15) is 59.3 Å². The third-order valence-electron chi connectivity index (χ3n) is 2.81. The summed E-state index contributed by atoms with van der Waals surface area (Å²) in [6.07, 6.45) is 8.94. The molecule has 0 amide bonds. The van der Waals surface area contributed by atoms with E-state index in [1.54, 1.807) is 0 Å². The Morgan fingerprint density at radius 2 is 1.38 bits per heavy atom. The lowest BCUT2D eigenvalue weighted by Gasteiger charge is -2.17. The zero-order valence-corrected chi connectivity index (χ0v) is 12.2. The van der Waals surface area contributed by atoms with Crippen LogP contribution in [-0.2, 0) is 9.30 Å². The van der Waals surface area contributed by atoms with Crippen LogP contribution in [0.4, 0.5) is 0 Å². The monoisotopic (exact) mass is 248 g/mol. The predicted octanol–water partition coefficient (Wildman–Crippen LogP) is 4.72. The second kappa shape index (κ2) is 10.4. The zero-order valence-electron chi connectivity index (χ0n) is 11.3. The molecule has 16 heavy (non-hydrogen) atoms. The van der Waals surface area contributed by atoms with Gasteiger partial charge in [-0.3, -0.25) is 0 Å². The normalized spacial score (nSPS) is 11.9. The first-order valence-corrected chi connectivity index (χ1v) is 9.09. The van der Waals surface area contributed by atoms with Gasteiger partial charge in [0.2, 0.25) is 0 Å². The molecule has 0 aliphatic rings. The van der Waals surface area contributed by atoms with Crippen LogP contribution in [-0.4, -0.2) is 25.3 Å². The van der Waals surface area contributed by atoms with Crippen LogP contribution in [0.5, 0.6) is 0 Å². The standard InChI is InChI=1S/C13H29O2P/c1-4-7-10-15-13-16(14,11-8-5-2)12-9-6-3/h4-13H2,1-3H3. The average Bonchev–Trinajstić information content (AvgIpc) is 2.30. The molecule has 98 valence electrons. The van der Waals surface area contributed by atoms with Gasteiger partial charge in [0.1, 0.15) is 7.14 Å². The first-order chi connectivity index (χ1) is 7.68. The molecule has 0 saturated heterocycles. The Labute approximate surface area is 102 Å². The number of unbranched alkanes of at least 4 members (excludes halogenated alkanes) is 3. The summed E-state index contributed by atoms with van der Waals surface area (Å²) in [6.45, 7) is 7.24. The highest BCUT2D eigenvalue weighted by Gasteiger charge is 2.20. The number of ether oxygens (including phenoxy) is 1. The van der Waals surface area contributed by atoms with Crippen LogP contribution in [0.25, 0.3) is 0 Å². The Bertz CT molecular complexity index is 180. The molecule has 0 aromatic heterocycles. The van der Waals surface area contributed by atoms with Gasteiger partial charge in [0.05, 0.1) is 6.35 Å². The van der Waals surface area contributed by atoms with Gasteiger partial charge in [-0.2, -0.15) is 0 Å². The second-order valence-corrected chi connectivity index (χ2v) is 7.87. The summed E-state index contributed by atoms with van der Waals surface area (Å²) < 4.78 is 18.1. The summed E-state index contributed by atoms with van der Waals surface area (Å²) in [5.74, 6) is 0.